The van der Waals surface area contributed by atoms with Crippen LogP contribution in [0.5, 0.6) is 17.2 Å². The van der Waals surface area contributed by atoms with Crippen LogP contribution in [0.25, 0.3) is 32.7 Å². The van der Waals surface area contributed by atoms with Gasteiger partial charge in [0.2, 0.25) is 0 Å². The fraction of sp³-hybridized carbons (Fsp3) is 0.243. The summed E-state index contributed by atoms with van der Waals surface area (Å²) in [6, 6.07) is 24.9. The van der Waals surface area contributed by atoms with Gasteiger partial charge < -0.3 is 29.5 Å². The van der Waals surface area contributed by atoms with E-state index in [-0.39, 0.29) is 53.9 Å². The van der Waals surface area contributed by atoms with Crippen LogP contribution in [0.2, 0.25) is 0 Å². The van der Waals surface area contributed by atoms with Crippen molar-refractivity contribution in [2.45, 2.75) is 31.3 Å². The first-order valence-electron chi connectivity index (χ1n) is 15.7. The quantitative estimate of drug-likeness (QED) is 0.0713. The molecule has 0 heterocycles. The topological polar surface area (TPSA) is 146 Å². The number of carbonyl (C=O) groups excluding carboxylic acids is 2. The van der Waals surface area contributed by atoms with Gasteiger partial charge in [-0.2, -0.15) is 0 Å². The summed E-state index contributed by atoms with van der Waals surface area (Å²) in [5, 5.41) is 24.0. The molecule has 5 aromatic rings. The maximum atomic E-state index is 13.7. The molecule has 0 saturated carbocycles. The molecule has 5 aromatic carbocycles. The monoisotopic (exact) mass is 719 g/mol. The number of phenols is 2. The van der Waals surface area contributed by atoms with E-state index in [0.717, 1.165) is 5.39 Å². The van der Waals surface area contributed by atoms with Gasteiger partial charge in [-0.05, 0) is 79.5 Å². The zero-order valence-corrected chi connectivity index (χ0v) is 29.6. The van der Waals surface area contributed by atoms with Crippen LogP contribution in [0.1, 0.15) is 20.8 Å². The van der Waals surface area contributed by atoms with Crippen molar-refractivity contribution in [3.63, 3.8) is 0 Å². The molecule has 5 rings (SSSR count). The Hall–Kier alpha value is -5.20. The average Bonchev–Trinajstić information content (AvgIpc) is 3.07. The SMILES string of the molecule is CN(CCN(CCOc1ccc(S(=O)(=O)Nc2cc(-c3c(O)ccc4ccccc34)c(O)c3ccccc23)cc1)C(=O)OC(C)(C)C)C(=O)Cl. The van der Waals surface area contributed by atoms with Crippen LogP contribution >= 0.6 is 11.6 Å². The van der Waals surface area contributed by atoms with Gasteiger partial charge >= 0.3 is 11.5 Å². The smallest absolute Gasteiger partial charge is 0.410 e. The Morgan fingerprint density at radius 1 is 0.840 bits per heavy atom. The molecule has 50 heavy (non-hydrogen) atoms. The molecule has 0 aromatic heterocycles. The van der Waals surface area contributed by atoms with Gasteiger partial charge in [0.25, 0.3) is 10.0 Å². The molecule has 0 aliphatic carbocycles. The van der Waals surface area contributed by atoms with Crippen LogP contribution in [0.3, 0.4) is 0 Å². The summed E-state index contributed by atoms with van der Waals surface area (Å²) in [6.45, 7) is 5.77. The van der Waals surface area contributed by atoms with Crippen molar-refractivity contribution < 1.29 is 37.7 Å². The van der Waals surface area contributed by atoms with Crippen molar-refractivity contribution >= 4 is 60.3 Å². The van der Waals surface area contributed by atoms with Crippen molar-refractivity contribution in [3.05, 3.63) is 91.0 Å². The van der Waals surface area contributed by atoms with E-state index in [9.17, 15) is 28.2 Å². The summed E-state index contributed by atoms with van der Waals surface area (Å²) >= 11 is 5.52. The highest BCUT2D eigenvalue weighted by atomic mass is 35.5. The van der Waals surface area contributed by atoms with Crippen LogP contribution in [-0.4, -0.2) is 78.8 Å². The van der Waals surface area contributed by atoms with Gasteiger partial charge in [0, 0.05) is 42.0 Å². The Kier molecular flexibility index (Phi) is 10.6. The molecule has 0 spiro atoms. The number of phenolic OH excluding ortho intramolecular Hbond substituents is 2. The first-order chi connectivity index (χ1) is 23.6. The maximum Gasteiger partial charge on any atom is 0.410 e. The molecule has 3 N–H and O–H groups in total. The molecule has 11 nitrogen and oxygen atoms in total. The number of ether oxygens (including phenoxy) is 2. The zero-order valence-electron chi connectivity index (χ0n) is 28.0. The number of nitrogens with zero attached hydrogens (tertiary/aromatic N) is 2. The highest BCUT2D eigenvalue weighted by molar-refractivity contribution is 7.92. The van der Waals surface area contributed by atoms with Crippen LogP contribution in [0.4, 0.5) is 15.3 Å². The Bertz CT molecular complexity index is 2150. The molecule has 0 aliphatic heterocycles. The minimum absolute atomic E-state index is 0.0410. The Morgan fingerprint density at radius 2 is 1.48 bits per heavy atom. The number of amides is 2. The molecule has 0 fully saturated rings. The highest BCUT2D eigenvalue weighted by Gasteiger charge is 2.24. The molecule has 262 valence electrons. The lowest BCUT2D eigenvalue weighted by atomic mass is 9.93. The van der Waals surface area contributed by atoms with Crippen molar-refractivity contribution in [1.29, 1.82) is 0 Å². The van der Waals surface area contributed by atoms with Gasteiger partial charge in [0.1, 0.15) is 29.5 Å². The van der Waals surface area contributed by atoms with E-state index in [2.05, 4.69) is 4.72 Å². The summed E-state index contributed by atoms with van der Waals surface area (Å²) in [7, 11) is -2.62. The van der Waals surface area contributed by atoms with Crippen molar-refractivity contribution in [2.75, 3.05) is 38.0 Å². The first-order valence-corrected chi connectivity index (χ1v) is 17.6. The van der Waals surface area contributed by atoms with Crippen LogP contribution in [0, 0.1) is 0 Å². The van der Waals surface area contributed by atoms with Gasteiger partial charge in [-0.3, -0.25) is 9.52 Å². The van der Waals surface area contributed by atoms with E-state index in [1.54, 1.807) is 51.1 Å². The summed E-state index contributed by atoms with van der Waals surface area (Å²) < 4.78 is 41.3. The van der Waals surface area contributed by atoms with Gasteiger partial charge in [-0.25, -0.2) is 13.2 Å². The lowest BCUT2D eigenvalue weighted by Gasteiger charge is -2.28. The second kappa shape index (κ2) is 14.7. The van der Waals surface area contributed by atoms with E-state index in [4.69, 9.17) is 21.1 Å². The Labute approximate surface area is 295 Å². The van der Waals surface area contributed by atoms with Gasteiger partial charge in [-0.1, -0.05) is 54.6 Å². The summed E-state index contributed by atoms with van der Waals surface area (Å²) in [6.07, 6.45) is -0.579. The summed E-state index contributed by atoms with van der Waals surface area (Å²) in [5.41, 5.74) is 0.120. The number of carbonyl (C=O) groups is 2. The van der Waals surface area contributed by atoms with Gasteiger partial charge in [0.05, 0.1) is 17.1 Å². The van der Waals surface area contributed by atoms with Gasteiger partial charge in [-0.15, -0.1) is 0 Å². The molecule has 0 atom stereocenters. The van der Waals surface area contributed by atoms with Crippen LogP contribution in [0.15, 0.2) is 95.9 Å². The largest absolute Gasteiger partial charge is 0.507 e. The number of sulfonamides is 1. The number of nitrogens with one attached hydrogen (secondary N) is 1. The fourth-order valence-electron chi connectivity index (χ4n) is 5.35. The molecule has 2 amide bonds. The number of likely N-dealkylation sites (N-methyl/N-ethyl adjacent to an activating group) is 1. The molecular formula is C37H38ClN3O8S. The Morgan fingerprint density at radius 3 is 2.14 bits per heavy atom. The second-order valence-electron chi connectivity index (χ2n) is 12.6. The predicted octanol–water partition coefficient (Wildman–Crippen LogP) is 7.78. The molecule has 0 aliphatic rings. The van der Waals surface area contributed by atoms with E-state index in [0.29, 0.717) is 27.5 Å². The van der Waals surface area contributed by atoms with E-state index in [1.807, 2.05) is 24.3 Å². The molecule has 0 radical (unpaired) electrons. The Balaban J connectivity index is 1.36. The third-order valence-corrected chi connectivity index (χ3v) is 9.53. The lowest BCUT2D eigenvalue weighted by Crippen LogP contribution is -2.43. The van der Waals surface area contributed by atoms with Crippen LogP contribution < -0.4 is 9.46 Å². The number of benzene rings is 5. The number of aromatic hydroxyl groups is 2. The summed E-state index contributed by atoms with van der Waals surface area (Å²) in [4.78, 5) is 26.8. The highest BCUT2D eigenvalue weighted by Crippen LogP contribution is 2.46. The lowest BCUT2D eigenvalue weighted by molar-refractivity contribution is 0.0218. The van der Waals surface area contributed by atoms with Crippen molar-refractivity contribution in [3.8, 4) is 28.4 Å². The van der Waals surface area contributed by atoms with E-state index < -0.39 is 27.1 Å². The number of hydrogen-bond acceptors (Lipinski definition) is 8. The summed E-state index contributed by atoms with van der Waals surface area (Å²) in [5.74, 6) is 0.206. The standard InChI is InChI=1S/C37H38ClN3O8S/c1-37(2,3)49-36(45)41(20-19-40(4)35(38)44)21-22-48-25-14-16-26(17-15-25)50(46,47)39-31-23-30(34(43)29-12-8-7-11-28(29)31)33-27-10-6-5-9-24(27)13-18-32(33)42/h5-18,23,39,42-43H,19-22H2,1-4H3. The molecular weight excluding hydrogens is 682 g/mol. The van der Waals surface area contributed by atoms with Crippen molar-refractivity contribution in [2.24, 2.45) is 0 Å². The average molecular weight is 720 g/mol. The van der Waals surface area contributed by atoms with Crippen molar-refractivity contribution in [1.82, 2.24) is 9.80 Å². The zero-order chi connectivity index (χ0) is 36.2. The molecule has 0 unspecified atom stereocenters. The first kappa shape index (κ1) is 36.1. The minimum atomic E-state index is -4.13. The maximum absolute atomic E-state index is 13.7. The number of fused-ring (bicyclic) bond motifs is 2. The molecule has 0 bridgehead atoms. The predicted molar refractivity (Wildman–Crippen MR) is 195 cm³/mol. The van der Waals surface area contributed by atoms with Crippen LogP contribution in [-0.2, 0) is 14.8 Å². The number of hydrogen-bond donors (Lipinski definition) is 3. The normalized spacial score (nSPS) is 11.7. The second-order valence-corrected chi connectivity index (χ2v) is 14.6. The minimum Gasteiger partial charge on any atom is -0.507 e. The number of rotatable bonds is 11. The third kappa shape index (κ3) is 8.32. The molecule has 13 heteroatoms. The van der Waals surface area contributed by atoms with E-state index in [1.165, 1.54) is 53.2 Å². The number of halogens is 1. The number of anilines is 1. The van der Waals surface area contributed by atoms with E-state index >= 15 is 0 Å². The molecule has 0 saturated heterocycles. The fourth-order valence-corrected chi connectivity index (χ4v) is 6.51. The third-order valence-electron chi connectivity index (χ3n) is 7.86. The van der Waals surface area contributed by atoms with Gasteiger partial charge in [0.15, 0.2) is 0 Å².